The van der Waals surface area contributed by atoms with Gasteiger partial charge < -0.3 is 9.64 Å². The van der Waals surface area contributed by atoms with Gasteiger partial charge in [0.2, 0.25) is 5.88 Å². The third-order valence-corrected chi connectivity index (χ3v) is 4.22. The molecule has 0 saturated heterocycles. The number of hydrogen-bond acceptors (Lipinski definition) is 5. The maximum atomic E-state index is 12.5. The summed E-state index contributed by atoms with van der Waals surface area (Å²) in [4.78, 5) is 22.2. The van der Waals surface area contributed by atoms with Crippen LogP contribution in [0, 0.1) is 0 Å². The number of fused-ring (bicyclic) bond motifs is 1. The highest BCUT2D eigenvalue weighted by Gasteiger charge is 2.25. The van der Waals surface area contributed by atoms with Gasteiger partial charge in [-0.2, -0.15) is 5.10 Å². The quantitative estimate of drug-likeness (QED) is 0.786. The van der Waals surface area contributed by atoms with Gasteiger partial charge in [0.05, 0.1) is 11.9 Å². The zero-order valence-electron chi connectivity index (χ0n) is 13.6. The number of nitrogens with zero attached hydrogens (tertiary/aromatic N) is 4. The highest BCUT2D eigenvalue weighted by molar-refractivity contribution is 5.78. The molecule has 1 aliphatic rings. The van der Waals surface area contributed by atoms with Crippen LogP contribution in [-0.2, 0) is 17.8 Å². The zero-order chi connectivity index (χ0) is 17.1. The summed E-state index contributed by atoms with van der Waals surface area (Å²) in [6.07, 6.45) is 5.34. The topological polar surface area (TPSA) is 84.0 Å². The molecular weight excluding hydrogens is 318 g/mol. The minimum atomic E-state index is -0.0727. The molecule has 0 atom stereocenters. The van der Waals surface area contributed by atoms with Crippen LogP contribution in [0.4, 0.5) is 0 Å². The van der Waals surface area contributed by atoms with E-state index in [-0.39, 0.29) is 12.5 Å². The van der Waals surface area contributed by atoms with Gasteiger partial charge in [0, 0.05) is 48.7 Å². The van der Waals surface area contributed by atoms with Crippen molar-refractivity contribution in [3.05, 3.63) is 60.2 Å². The summed E-state index contributed by atoms with van der Waals surface area (Å²) in [7, 11) is 0. The Morgan fingerprint density at radius 1 is 1.24 bits per heavy atom. The molecule has 3 heterocycles. The van der Waals surface area contributed by atoms with E-state index in [1.54, 1.807) is 11.1 Å². The molecule has 0 bridgehead atoms. The maximum Gasteiger partial charge on any atom is 0.260 e. The van der Waals surface area contributed by atoms with Crippen LogP contribution in [-0.4, -0.2) is 44.1 Å². The minimum Gasteiger partial charge on any atom is -0.466 e. The van der Waals surface area contributed by atoms with Crippen LogP contribution in [0.25, 0.3) is 11.3 Å². The van der Waals surface area contributed by atoms with Crippen molar-refractivity contribution in [3.63, 3.8) is 0 Å². The average Bonchev–Trinajstić information content (AvgIpc) is 3.11. The van der Waals surface area contributed by atoms with Crippen LogP contribution in [0.2, 0.25) is 0 Å². The minimum absolute atomic E-state index is 0.0491. The van der Waals surface area contributed by atoms with Crippen LogP contribution in [0.5, 0.6) is 5.88 Å². The number of aromatic amines is 1. The summed E-state index contributed by atoms with van der Waals surface area (Å²) in [6, 6.07) is 9.98. The van der Waals surface area contributed by atoms with Crippen molar-refractivity contribution in [1.82, 2.24) is 25.1 Å². The molecule has 0 aliphatic carbocycles. The van der Waals surface area contributed by atoms with Crippen LogP contribution < -0.4 is 4.74 Å². The Morgan fingerprint density at radius 3 is 2.92 bits per heavy atom. The van der Waals surface area contributed by atoms with Crippen molar-refractivity contribution in [1.29, 1.82) is 0 Å². The molecule has 0 spiro atoms. The van der Waals surface area contributed by atoms with Gasteiger partial charge in [0.1, 0.15) is 0 Å². The molecular formula is C18H17N5O2. The van der Waals surface area contributed by atoms with E-state index in [0.29, 0.717) is 19.0 Å². The first-order chi connectivity index (χ1) is 12.3. The van der Waals surface area contributed by atoms with Gasteiger partial charge in [-0.1, -0.05) is 30.3 Å². The Labute approximate surface area is 144 Å². The van der Waals surface area contributed by atoms with Gasteiger partial charge in [0.25, 0.3) is 5.91 Å². The van der Waals surface area contributed by atoms with E-state index in [4.69, 9.17) is 4.74 Å². The first-order valence-electron chi connectivity index (χ1n) is 8.09. The molecule has 3 aromatic rings. The Morgan fingerprint density at radius 2 is 2.12 bits per heavy atom. The molecule has 7 heteroatoms. The highest BCUT2D eigenvalue weighted by Crippen LogP contribution is 2.28. The fourth-order valence-electron chi connectivity index (χ4n) is 2.93. The van der Waals surface area contributed by atoms with Crippen molar-refractivity contribution >= 4 is 5.91 Å². The Hall–Kier alpha value is -3.22. The number of hydrogen-bond donors (Lipinski definition) is 1. The lowest BCUT2D eigenvalue weighted by Gasteiger charge is -2.27. The number of benzene rings is 1. The predicted octanol–water partition coefficient (Wildman–Crippen LogP) is 1.83. The predicted molar refractivity (Wildman–Crippen MR) is 90.7 cm³/mol. The van der Waals surface area contributed by atoms with Gasteiger partial charge in [-0.25, -0.2) is 4.98 Å². The first kappa shape index (κ1) is 15.3. The summed E-state index contributed by atoms with van der Waals surface area (Å²) < 4.78 is 5.42. The number of rotatable bonds is 4. The second-order valence-electron chi connectivity index (χ2n) is 5.79. The van der Waals surface area contributed by atoms with E-state index >= 15 is 0 Å². The molecule has 25 heavy (non-hydrogen) atoms. The lowest BCUT2D eigenvalue weighted by Crippen LogP contribution is -2.38. The van der Waals surface area contributed by atoms with Crippen molar-refractivity contribution in [2.75, 3.05) is 13.2 Å². The standard InChI is InChI=1S/C18H17N5O2/c24-17(12-25-16-10-19-7-8-20-16)23-9-6-15-14(11-23)18(22-21-15)13-4-2-1-3-5-13/h1-5,7-8,10H,6,9,11-12H2,(H,21,22). The third kappa shape index (κ3) is 3.21. The van der Waals surface area contributed by atoms with Crippen LogP contribution in [0.1, 0.15) is 11.3 Å². The van der Waals surface area contributed by atoms with E-state index in [9.17, 15) is 4.79 Å². The fourth-order valence-corrected chi connectivity index (χ4v) is 2.93. The highest BCUT2D eigenvalue weighted by atomic mass is 16.5. The first-order valence-corrected chi connectivity index (χ1v) is 8.09. The summed E-state index contributed by atoms with van der Waals surface area (Å²) in [5, 5.41) is 7.55. The average molecular weight is 335 g/mol. The van der Waals surface area contributed by atoms with Crippen LogP contribution in [0.3, 0.4) is 0 Å². The lowest BCUT2D eigenvalue weighted by molar-refractivity contribution is -0.134. The van der Waals surface area contributed by atoms with Gasteiger partial charge in [-0.05, 0) is 0 Å². The normalized spacial score (nSPS) is 13.4. The number of carbonyl (C=O) groups is 1. The molecule has 0 fully saturated rings. The van der Waals surface area contributed by atoms with Crippen molar-refractivity contribution in [3.8, 4) is 17.1 Å². The number of ether oxygens (including phenoxy) is 1. The SMILES string of the molecule is O=C(COc1cnccn1)N1CCc2[nH]nc(-c3ccccc3)c2C1. The number of H-pyrrole nitrogens is 1. The van der Waals surface area contributed by atoms with Crippen LogP contribution in [0.15, 0.2) is 48.9 Å². The number of nitrogens with one attached hydrogen (secondary N) is 1. The molecule has 0 saturated carbocycles. The summed E-state index contributed by atoms with van der Waals surface area (Å²) >= 11 is 0. The molecule has 2 aromatic heterocycles. The van der Waals surface area contributed by atoms with E-state index in [1.807, 2.05) is 30.3 Å². The van der Waals surface area contributed by atoms with Crippen molar-refractivity contribution in [2.24, 2.45) is 0 Å². The van der Waals surface area contributed by atoms with E-state index in [0.717, 1.165) is 28.9 Å². The fraction of sp³-hybridized carbons (Fsp3) is 0.222. The van der Waals surface area contributed by atoms with Crippen LogP contribution >= 0.6 is 0 Å². The largest absolute Gasteiger partial charge is 0.466 e. The third-order valence-electron chi connectivity index (χ3n) is 4.22. The molecule has 1 aromatic carbocycles. The maximum absolute atomic E-state index is 12.5. The summed E-state index contributed by atoms with van der Waals surface area (Å²) in [6.45, 7) is 1.12. The molecule has 126 valence electrons. The van der Waals surface area contributed by atoms with E-state index < -0.39 is 0 Å². The molecule has 4 rings (SSSR count). The smallest absolute Gasteiger partial charge is 0.260 e. The van der Waals surface area contributed by atoms with Crippen molar-refractivity contribution < 1.29 is 9.53 Å². The zero-order valence-corrected chi connectivity index (χ0v) is 13.6. The molecule has 0 radical (unpaired) electrons. The molecule has 7 nitrogen and oxygen atoms in total. The summed E-state index contributed by atoms with van der Waals surface area (Å²) in [5.74, 6) is 0.276. The molecule has 1 N–H and O–H groups in total. The molecule has 0 unspecified atom stereocenters. The Balaban J connectivity index is 1.47. The summed E-state index contributed by atoms with van der Waals surface area (Å²) in [5.41, 5.74) is 4.12. The number of amides is 1. The molecule has 1 amide bonds. The van der Waals surface area contributed by atoms with Gasteiger partial charge >= 0.3 is 0 Å². The van der Waals surface area contributed by atoms with E-state index in [1.165, 1.54) is 12.4 Å². The number of aromatic nitrogens is 4. The van der Waals surface area contributed by atoms with Gasteiger partial charge in [-0.15, -0.1) is 0 Å². The monoisotopic (exact) mass is 335 g/mol. The second-order valence-corrected chi connectivity index (χ2v) is 5.79. The Bertz CT molecular complexity index is 864. The molecule has 1 aliphatic heterocycles. The second kappa shape index (κ2) is 6.72. The lowest BCUT2D eigenvalue weighted by atomic mass is 10.0. The van der Waals surface area contributed by atoms with Crippen molar-refractivity contribution in [2.45, 2.75) is 13.0 Å². The Kier molecular flexibility index (Phi) is 4.12. The van der Waals surface area contributed by atoms with E-state index in [2.05, 4.69) is 20.2 Å². The van der Waals surface area contributed by atoms with Gasteiger partial charge in [0.15, 0.2) is 6.61 Å². The van der Waals surface area contributed by atoms with Gasteiger partial charge in [-0.3, -0.25) is 14.9 Å². The number of carbonyl (C=O) groups excluding carboxylic acids is 1.